The van der Waals surface area contributed by atoms with Crippen molar-refractivity contribution in [3.63, 3.8) is 0 Å². The minimum Gasteiger partial charge on any atom is -0.135 e. The summed E-state index contributed by atoms with van der Waals surface area (Å²) in [4.78, 5) is 0. The minimum atomic E-state index is 1.27. The van der Waals surface area contributed by atoms with E-state index in [9.17, 15) is 0 Å². The van der Waals surface area contributed by atoms with Gasteiger partial charge in [0, 0.05) is 20.2 Å². The average Bonchev–Trinajstić information content (AvgIpc) is 3.55. The number of rotatable bonds is 2. The maximum Gasteiger partial charge on any atom is 0.0368 e. The second-order valence-electron chi connectivity index (χ2n) is 14.3. The van der Waals surface area contributed by atoms with E-state index in [4.69, 9.17) is 0 Å². The molecule has 0 amide bonds. The summed E-state index contributed by atoms with van der Waals surface area (Å²) in [5.41, 5.74) is 12.9. The molecule has 1 aliphatic carbocycles. The van der Waals surface area contributed by atoms with Crippen LogP contribution < -0.4 is 0 Å². The topological polar surface area (TPSA) is 0 Å². The summed E-state index contributed by atoms with van der Waals surface area (Å²) in [5.74, 6) is 0. The lowest BCUT2D eigenvalue weighted by Gasteiger charge is -2.21. The van der Waals surface area contributed by atoms with Gasteiger partial charge >= 0.3 is 0 Å². The fraction of sp³-hybridized carbons (Fsp3) is 0. The zero-order valence-corrected chi connectivity index (χ0v) is 29.5. The van der Waals surface area contributed by atoms with Crippen LogP contribution in [0, 0.1) is 0 Å². The van der Waals surface area contributed by atoms with Gasteiger partial charge < -0.3 is 0 Å². The van der Waals surface area contributed by atoms with Gasteiger partial charge in [0.25, 0.3) is 0 Å². The fourth-order valence-corrected chi connectivity index (χ4v) is 10.6. The molecule has 0 saturated carbocycles. The Labute approximate surface area is 310 Å². The molecule has 0 radical (unpaired) electrons. The second-order valence-corrected chi connectivity index (χ2v) is 15.3. The van der Waals surface area contributed by atoms with E-state index >= 15 is 0 Å². The highest BCUT2D eigenvalue weighted by Crippen LogP contribution is 2.52. The first kappa shape index (κ1) is 29.1. The van der Waals surface area contributed by atoms with Gasteiger partial charge in [0.1, 0.15) is 0 Å². The van der Waals surface area contributed by atoms with E-state index in [0.29, 0.717) is 0 Å². The lowest BCUT2D eigenvalue weighted by molar-refractivity contribution is 1.62. The number of hydrogen-bond donors (Lipinski definition) is 0. The van der Waals surface area contributed by atoms with E-state index in [1.54, 1.807) is 0 Å². The van der Waals surface area contributed by atoms with E-state index in [1.165, 1.54) is 119 Å². The van der Waals surface area contributed by atoms with Crippen molar-refractivity contribution in [2.24, 2.45) is 0 Å². The Bertz CT molecular complexity index is 3230. The highest BCUT2D eigenvalue weighted by atomic mass is 32.1. The predicted molar refractivity (Wildman–Crippen MR) is 230 cm³/mol. The molecule has 1 aromatic heterocycles. The normalized spacial score (nSPS) is 12.2. The Morgan fingerprint density at radius 1 is 0.226 bits per heavy atom. The first-order valence-corrected chi connectivity index (χ1v) is 19.2. The van der Waals surface area contributed by atoms with E-state index < -0.39 is 0 Å². The van der Waals surface area contributed by atoms with Crippen LogP contribution in [0.3, 0.4) is 0 Å². The van der Waals surface area contributed by atoms with Crippen LogP contribution in [0.5, 0.6) is 0 Å². The van der Waals surface area contributed by atoms with Crippen LogP contribution in [0.1, 0.15) is 0 Å². The first-order chi connectivity index (χ1) is 26.3. The highest BCUT2D eigenvalue weighted by Gasteiger charge is 2.25. The predicted octanol–water partition coefficient (Wildman–Crippen LogP) is 15.3. The maximum absolute atomic E-state index is 2.47. The summed E-state index contributed by atoms with van der Waals surface area (Å²) >= 11 is 1.90. The Balaban J connectivity index is 1.22. The molecule has 53 heavy (non-hydrogen) atoms. The van der Waals surface area contributed by atoms with Crippen LogP contribution in [0.25, 0.3) is 119 Å². The van der Waals surface area contributed by atoms with Crippen molar-refractivity contribution in [2.75, 3.05) is 0 Å². The van der Waals surface area contributed by atoms with Crippen molar-refractivity contribution in [3.05, 3.63) is 182 Å². The summed E-state index contributed by atoms with van der Waals surface area (Å²) in [6, 6.07) is 68.0. The van der Waals surface area contributed by atoms with Crippen LogP contribution in [0.15, 0.2) is 182 Å². The third-order valence-electron chi connectivity index (χ3n) is 11.6. The van der Waals surface area contributed by atoms with Gasteiger partial charge in [-0.15, -0.1) is 11.3 Å². The standard InChI is InChI=1S/C52H30S/c1-3-16-33-31(14-1)32-15-2-4-17-34(32)43-28-29-44(42-26-13-25-36(33)49(42)43)50-38-20-7-9-22-40(38)51(41-23-10-8-21-39(41)50)46-30-48-52(37-19-6-5-18-35(37)46)45-24-11-12-27-47(45)53-48/h1-30H. The number of fused-ring (bicyclic) bond motifs is 12. The monoisotopic (exact) mass is 686 g/mol. The molecule has 0 atom stereocenters. The molecule has 12 rings (SSSR count). The fourth-order valence-electron chi connectivity index (χ4n) is 9.48. The minimum absolute atomic E-state index is 1.27. The lowest BCUT2D eigenvalue weighted by atomic mass is 9.82. The van der Waals surface area contributed by atoms with Crippen molar-refractivity contribution < 1.29 is 0 Å². The van der Waals surface area contributed by atoms with Crippen molar-refractivity contribution >= 4 is 74.6 Å². The number of hydrogen-bond acceptors (Lipinski definition) is 1. The average molecular weight is 687 g/mol. The molecule has 0 bridgehead atoms. The second kappa shape index (κ2) is 11.0. The molecule has 0 saturated heterocycles. The van der Waals surface area contributed by atoms with Crippen LogP contribution in [-0.2, 0) is 0 Å². The molecule has 0 unspecified atom stereocenters. The van der Waals surface area contributed by atoms with Gasteiger partial charge in [-0.1, -0.05) is 170 Å². The van der Waals surface area contributed by atoms with Crippen LogP contribution in [0.4, 0.5) is 0 Å². The molecule has 0 spiro atoms. The quantitative estimate of drug-likeness (QED) is 0.159. The molecule has 0 aliphatic heterocycles. The van der Waals surface area contributed by atoms with Crippen molar-refractivity contribution in [1.29, 1.82) is 0 Å². The van der Waals surface area contributed by atoms with Crippen LogP contribution in [0.2, 0.25) is 0 Å². The molecule has 0 N–H and O–H groups in total. The zero-order chi connectivity index (χ0) is 34.6. The van der Waals surface area contributed by atoms with E-state index in [1.807, 2.05) is 11.3 Å². The van der Waals surface area contributed by atoms with Gasteiger partial charge in [-0.2, -0.15) is 0 Å². The molecule has 0 nitrogen and oxygen atoms in total. The summed E-state index contributed by atoms with van der Waals surface area (Å²) in [5, 5.41) is 13.0. The van der Waals surface area contributed by atoms with Gasteiger partial charge in [-0.25, -0.2) is 0 Å². The van der Waals surface area contributed by atoms with Gasteiger partial charge in [-0.05, 0) is 111 Å². The number of benzene rings is 10. The molecule has 1 heterocycles. The summed E-state index contributed by atoms with van der Waals surface area (Å²) < 4.78 is 2.66. The first-order valence-electron chi connectivity index (χ1n) is 18.4. The van der Waals surface area contributed by atoms with Crippen molar-refractivity contribution in [3.8, 4) is 55.6 Å². The van der Waals surface area contributed by atoms with Crippen molar-refractivity contribution in [2.45, 2.75) is 0 Å². The van der Waals surface area contributed by atoms with Gasteiger partial charge in [-0.3, -0.25) is 0 Å². The Morgan fingerprint density at radius 3 is 1.26 bits per heavy atom. The summed E-state index contributed by atoms with van der Waals surface area (Å²) in [6.45, 7) is 0. The number of thiophene rings is 1. The van der Waals surface area contributed by atoms with Gasteiger partial charge in [0.05, 0.1) is 0 Å². The summed E-state index contributed by atoms with van der Waals surface area (Å²) in [6.07, 6.45) is 0. The zero-order valence-electron chi connectivity index (χ0n) is 28.7. The smallest absolute Gasteiger partial charge is 0.0368 e. The maximum atomic E-state index is 2.47. The van der Waals surface area contributed by atoms with E-state index in [0.717, 1.165) is 0 Å². The molecule has 0 fully saturated rings. The highest BCUT2D eigenvalue weighted by molar-refractivity contribution is 7.26. The molecule has 1 heteroatoms. The van der Waals surface area contributed by atoms with Crippen molar-refractivity contribution in [1.82, 2.24) is 0 Å². The van der Waals surface area contributed by atoms with Gasteiger partial charge in [0.15, 0.2) is 0 Å². The molecular formula is C52H30S. The Morgan fingerprint density at radius 2 is 0.642 bits per heavy atom. The Hall–Kier alpha value is -6.54. The van der Waals surface area contributed by atoms with E-state index in [-0.39, 0.29) is 0 Å². The third-order valence-corrected chi connectivity index (χ3v) is 12.7. The van der Waals surface area contributed by atoms with Gasteiger partial charge in [0.2, 0.25) is 0 Å². The third kappa shape index (κ3) is 4.00. The van der Waals surface area contributed by atoms with Crippen LogP contribution in [-0.4, -0.2) is 0 Å². The molecule has 1 aliphatic rings. The van der Waals surface area contributed by atoms with Crippen LogP contribution >= 0.6 is 11.3 Å². The SMILES string of the molecule is c1ccc2c(c1)-c1ccccc1-c1ccc(-c3c4ccccc4c(-c4cc5sc6ccccc6c5c5ccccc45)c4ccccc34)c3cccc-2c13. The molecule has 244 valence electrons. The molecular weight excluding hydrogens is 657 g/mol. The Kier molecular flexibility index (Phi) is 6.03. The summed E-state index contributed by atoms with van der Waals surface area (Å²) in [7, 11) is 0. The lowest BCUT2D eigenvalue weighted by Crippen LogP contribution is -1.93. The largest absolute Gasteiger partial charge is 0.135 e. The van der Waals surface area contributed by atoms with E-state index in [2.05, 4.69) is 182 Å². The molecule has 10 aromatic carbocycles. The molecule has 11 aromatic rings.